The van der Waals surface area contributed by atoms with Crippen LogP contribution in [0.4, 0.5) is 11.4 Å². The molecule has 1 aliphatic rings. The molecular weight excluding hydrogens is 333 g/mol. The smallest absolute Gasteiger partial charge is 0.399 e. The maximum absolute atomic E-state index is 12.0. The summed E-state index contributed by atoms with van der Waals surface area (Å²) in [7, 11) is 0.935. The van der Waals surface area contributed by atoms with Gasteiger partial charge in [0.05, 0.1) is 27.2 Å². The van der Waals surface area contributed by atoms with Crippen LogP contribution >= 0.6 is 7.82 Å². The minimum absolute atomic E-state index is 0.0177. The fraction of sp³-hybridized carbons (Fsp3) is 0.533. The maximum Gasteiger partial charge on any atom is 0.530 e. The van der Waals surface area contributed by atoms with Crippen molar-refractivity contribution < 1.29 is 27.8 Å². The highest BCUT2D eigenvalue weighted by atomic mass is 31.2. The van der Waals surface area contributed by atoms with Gasteiger partial charge in [-0.15, -0.1) is 0 Å². The summed E-state index contributed by atoms with van der Waals surface area (Å²) < 4.78 is 22.1. The first-order chi connectivity index (χ1) is 11.0. The molecule has 2 atom stereocenters. The summed E-state index contributed by atoms with van der Waals surface area (Å²) in [6.45, 7) is 1.11. The Morgan fingerprint density at radius 2 is 2.00 bits per heavy atom. The topological polar surface area (TPSA) is 102 Å². The van der Waals surface area contributed by atoms with E-state index in [-0.39, 0.29) is 6.54 Å². The lowest BCUT2D eigenvalue weighted by Crippen LogP contribution is -2.40. The third-order valence-electron chi connectivity index (χ3n) is 3.51. The van der Waals surface area contributed by atoms with Crippen LogP contribution in [0.3, 0.4) is 0 Å². The first kappa shape index (κ1) is 18.7. The van der Waals surface area contributed by atoms with E-state index in [0.29, 0.717) is 29.7 Å². The normalized spacial score (nSPS) is 20.7. The molecule has 3 N–H and O–H groups in total. The second-order valence-corrected chi connectivity index (χ2v) is 8.26. The number of quaternary nitrogens is 1. The molecule has 1 aromatic rings. The van der Waals surface area contributed by atoms with E-state index in [1.165, 1.54) is 0 Å². The number of hydrogen-bond acceptors (Lipinski definition) is 6. The SMILES string of the molecule is C[N+](C)(C)CC(=O)OP(=O)(O)OC1CCN(c2ccc(N)cc2)C1. The Hall–Kier alpha value is -1.60. The zero-order valence-corrected chi connectivity index (χ0v) is 15.1. The van der Waals surface area contributed by atoms with Crippen molar-refractivity contribution in [3.05, 3.63) is 24.3 Å². The molecule has 2 unspecified atom stereocenters. The minimum Gasteiger partial charge on any atom is -0.399 e. The van der Waals surface area contributed by atoms with Crippen molar-refractivity contribution in [2.24, 2.45) is 0 Å². The molecule has 0 saturated carbocycles. The van der Waals surface area contributed by atoms with Crippen molar-refractivity contribution in [2.75, 3.05) is 51.4 Å². The number of benzene rings is 1. The first-order valence-electron chi connectivity index (χ1n) is 7.69. The van der Waals surface area contributed by atoms with E-state index in [1.54, 1.807) is 33.3 Å². The van der Waals surface area contributed by atoms with E-state index in [1.807, 2.05) is 17.0 Å². The standard InChI is InChI=1S/C15H24N3O5P/c1-18(2,3)11-15(19)23-24(20,21)22-14-8-9-17(10-14)13-6-4-12(16)5-7-13/h4-7,14H,8-11,16H2,1-3H3/p+1. The Morgan fingerprint density at radius 3 is 2.58 bits per heavy atom. The zero-order chi connectivity index (χ0) is 18.0. The van der Waals surface area contributed by atoms with Crippen molar-refractivity contribution in [1.82, 2.24) is 0 Å². The van der Waals surface area contributed by atoms with Crippen molar-refractivity contribution in [2.45, 2.75) is 12.5 Å². The predicted molar refractivity (Wildman–Crippen MR) is 91.4 cm³/mol. The third-order valence-corrected chi connectivity index (χ3v) is 4.51. The largest absolute Gasteiger partial charge is 0.530 e. The van der Waals surface area contributed by atoms with Crippen molar-refractivity contribution in [3.8, 4) is 0 Å². The number of rotatable bonds is 6. The Bertz CT molecular complexity index is 629. The molecule has 8 nitrogen and oxygen atoms in total. The fourth-order valence-electron chi connectivity index (χ4n) is 2.49. The van der Waals surface area contributed by atoms with E-state index in [0.717, 1.165) is 5.69 Å². The van der Waals surface area contributed by atoms with Crippen molar-refractivity contribution in [3.63, 3.8) is 0 Å². The van der Waals surface area contributed by atoms with Gasteiger partial charge in [0.15, 0.2) is 6.54 Å². The molecule has 0 radical (unpaired) electrons. The number of carbonyl (C=O) groups excluding carboxylic acids is 1. The number of nitrogen functional groups attached to an aromatic ring is 1. The monoisotopic (exact) mass is 358 g/mol. The van der Waals surface area contributed by atoms with Crippen molar-refractivity contribution in [1.29, 1.82) is 0 Å². The van der Waals surface area contributed by atoms with Gasteiger partial charge in [-0.25, -0.2) is 9.36 Å². The van der Waals surface area contributed by atoms with Crippen LogP contribution < -0.4 is 10.6 Å². The van der Waals surface area contributed by atoms with Crippen LogP contribution in [0.2, 0.25) is 0 Å². The minimum atomic E-state index is -4.42. The maximum atomic E-state index is 12.0. The van der Waals surface area contributed by atoms with Gasteiger partial charge in [0.2, 0.25) is 0 Å². The van der Waals surface area contributed by atoms with Crippen LogP contribution in [0, 0.1) is 0 Å². The van der Waals surface area contributed by atoms with E-state index < -0.39 is 19.9 Å². The van der Waals surface area contributed by atoms with Gasteiger partial charge in [-0.05, 0) is 30.7 Å². The summed E-state index contributed by atoms with van der Waals surface area (Å²) in [5.74, 6) is -0.762. The number of nitrogens with zero attached hydrogens (tertiary/aromatic N) is 2. The number of nitrogens with two attached hydrogens (primary N) is 1. The van der Waals surface area contributed by atoms with Gasteiger partial charge in [-0.3, -0.25) is 9.42 Å². The molecule has 0 amide bonds. The number of anilines is 2. The van der Waals surface area contributed by atoms with Crippen molar-refractivity contribution >= 4 is 25.2 Å². The summed E-state index contributed by atoms with van der Waals surface area (Å²) >= 11 is 0. The fourth-order valence-corrected chi connectivity index (χ4v) is 3.40. The lowest BCUT2D eigenvalue weighted by Gasteiger charge is -2.23. The average molecular weight is 358 g/mol. The number of carbonyl (C=O) groups is 1. The molecule has 0 aromatic heterocycles. The lowest BCUT2D eigenvalue weighted by atomic mass is 10.2. The number of phosphoric acid groups is 1. The van der Waals surface area contributed by atoms with Crippen LogP contribution in [0.25, 0.3) is 0 Å². The number of hydrogen-bond donors (Lipinski definition) is 2. The molecule has 1 saturated heterocycles. The Balaban J connectivity index is 1.88. The summed E-state index contributed by atoms with van der Waals surface area (Å²) in [5, 5.41) is 0. The van der Waals surface area contributed by atoms with Gasteiger partial charge in [-0.1, -0.05) is 0 Å². The summed E-state index contributed by atoms with van der Waals surface area (Å²) in [5.41, 5.74) is 7.30. The second kappa shape index (κ2) is 7.11. The second-order valence-electron chi connectivity index (χ2n) is 6.93. The van der Waals surface area contributed by atoms with Crippen LogP contribution in [0.5, 0.6) is 0 Å². The lowest BCUT2D eigenvalue weighted by molar-refractivity contribution is -0.862. The summed E-state index contributed by atoms with van der Waals surface area (Å²) in [6, 6.07) is 7.37. The molecule has 1 aromatic carbocycles. The van der Waals surface area contributed by atoms with Crippen LogP contribution in [-0.4, -0.2) is 62.2 Å². The van der Waals surface area contributed by atoms with E-state index >= 15 is 0 Å². The van der Waals surface area contributed by atoms with Gasteiger partial charge in [-0.2, -0.15) is 0 Å². The van der Waals surface area contributed by atoms with E-state index in [4.69, 9.17) is 10.3 Å². The molecule has 24 heavy (non-hydrogen) atoms. The molecule has 1 fully saturated rings. The molecule has 0 aliphatic carbocycles. The van der Waals surface area contributed by atoms with Crippen LogP contribution in [0.15, 0.2) is 24.3 Å². The molecule has 134 valence electrons. The molecular formula is C15H25N3O5P+. The number of phosphoric ester groups is 1. The highest BCUT2D eigenvalue weighted by Gasteiger charge is 2.35. The van der Waals surface area contributed by atoms with E-state index in [9.17, 15) is 14.3 Å². The third kappa shape index (κ3) is 5.79. The van der Waals surface area contributed by atoms with Gasteiger partial charge >= 0.3 is 13.8 Å². The van der Waals surface area contributed by atoms with Gasteiger partial charge in [0.1, 0.15) is 0 Å². The predicted octanol–water partition coefficient (Wildman–Crippen LogP) is 1.21. The quantitative estimate of drug-likeness (QED) is 0.448. The summed E-state index contributed by atoms with van der Waals surface area (Å²) in [6.07, 6.45) is 0.0947. The van der Waals surface area contributed by atoms with Crippen LogP contribution in [0.1, 0.15) is 6.42 Å². The zero-order valence-electron chi connectivity index (χ0n) is 14.2. The molecule has 0 bridgehead atoms. The van der Waals surface area contributed by atoms with Crippen LogP contribution in [-0.2, 0) is 18.4 Å². The Morgan fingerprint density at radius 1 is 1.38 bits per heavy atom. The molecule has 9 heteroatoms. The van der Waals surface area contributed by atoms with Gasteiger partial charge < -0.3 is 19.6 Å². The highest BCUT2D eigenvalue weighted by Crippen LogP contribution is 2.46. The Labute approximate surface area is 142 Å². The van der Waals surface area contributed by atoms with Gasteiger partial charge in [0, 0.05) is 24.5 Å². The molecule has 1 heterocycles. The molecule has 2 rings (SSSR count). The summed E-state index contributed by atoms with van der Waals surface area (Å²) in [4.78, 5) is 23.5. The molecule has 0 spiro atoms. The van der Waals surface area contributed by atoms with Gasteiger partial charge in [0.25, 0.3) is 0 Å². The molecule has 1 aliphatic heterocycles. The van der Waals surface area contributed by atoms with E-state index in [2.05, 4.69) is 4.52 Å². The first-order valence-corrected chi connectivity index (χ1v) is 9.18. The average Bonchev–Trinajstić information content (AvgIpc) is 2.83. The highest BCUT2D eigenvalue weighted by molar-refractivity contribution is 7.48. The number of likely N-dealkylation sites (N-methyl/N-ethyl adjacent to an activating group) is 1. The Kier molecular flexibility index (Phi) is 5.55.